The number of hydrogen-bond donors (Lipinski definition) is 3. The molecule has 0 radical (unpaired) electrons. The fraction of sp³-hybridized carbons (Fsp3) is 0.583. The minimum Gasteiger partial charge on any atom is -0.393 e. The van der Waals surface area contributed by atoms with Crippen molar-refractivity contribution in [3.63, 3.8) is 0 Å². The lowest BCUT2D eigenvalue weighted by Crippen LogP contribution is -2.24. The van der Waals surface area contributed by atoms with Crippen LogP contribution in [0.4, 0.5) is 11.9 Å². The lowest BCUT2D eigenvalue weighted by atomic mass is 9.87. The summed E-state index contributed by atoms with van der Waals surface area (Å²) in [7, 11) is 0. The lowest BCUT2D eigenvalue weighted by Gasteiger charge is -2.25. The van der Waals surface area contributed by atoms with Crippen LogP contribution in [0.1, 0.15) is 25.7 Å². The Morgan fingerprint density at radius 2 is 2.05 bits per heavy atom. The molecule has 9 nitrogen and oxygen atoms in total. The Kier molecular flexibility index (Phi) is 3.91. The summed E-state index contributed by atoms with van der Waals surface area (Å²) in [5, 5.41) is 16.7. The zero-order chi connectivity index (χ0) is 14.7. The number of aromatic nitrogens is 6. The molecule has 2 aromatic rings. The van der Waals surface area contributed by atoms with Crippen molar-refractivity contribution in [2.45, 2.75) is 31.8 Å². The van der Waals surface area contributed by atoms with Gasteiger partial charge in [0.15, 0.2) is 0 Å². The second-order valence-corrected chi connectivity index (χ2v) is 5.21. The van der Waals surface area contributed by atoms with Crippen LogP contribution < -0.4 is 11.1 Å². The highest BCUT2D eigenvalue weighted by Crippen LogP contribution is 2.24. The Morgan fingerprint density at radius 1 is 1.24 bits per heavy atom. The van der Waals surface area contributed by atoms with Gasteiger partial charge in [-0.25, -0.2) is 4.98 Å². The van der Waals surface area contributed by atoms with Crippen molar-refractivity contribution >= 4 is 11.9 Å². The summed E-state index contributed by atoms with van der Waals surface area (Å²) < 4.78 is 1.43. The summed E-state index contributed by atoms with van der Waals surface area (Å²) in [6.45, 7) is 0.757. The average Bonchev–Trinajstić information content (AvgIpc) is 3.00. The number of aliphatic hydroxyl groups excluding tert-OH is 1. The van der Waals surface area contributed by atoms with E-state index >= 15 is 0 Å². The molecule has 112 valence electrons. The number of aliphatic hydroxyl groups is 1. The molecule has 4 N–H and O–H groups in total. The van der Waals surface area contributed by atoms with Gasteiger partial charge in [-0.1, -0.05) is 0 Å². The van der Waals surface area contributed by atoms with Crippen LogP contribution in [0.15, 0.2) is 12.7 Å². The highest BCUT2D eigenvalue weighted by atomic mass is 16.3. The molecule has 1 aliphatic carbocycles. The van der Waals surface area contributed by atoms with Gasteiger partial charge in [-0.2, -0.15) is 24.7 Å². The minimum atomic E-state index is -0.145. The van der Waals surface area contributed by atoms with E-state index in [-0.39, 0.29) is 12.1 Å². The van der Waals surface area contributed by atoms with Gasteiger partial charge in [0.1, 0.15) is 12.7 Å². The van der Waals surface area contributed by atoms with E-state index in [9.17, 15) is 5.11 Å². The van der Waals surface area contributed by atoms with Crippen LogP contribution in [-0.2, 0) is 0 Å². The summed E-state index contributed by atoms with van der Waals surface area (Å²) in [6, 6.07) is 0. The fourth-order valence-corrected chi connectivity index (χ4v) is 2.46. The quantitative estimate of drug-likeness (QED) is 0.717. The standard InChI is InChI=1S/C12H18N8O/c13-10-17-11(15-5-8-1-3-9(21)4-2-8)19-12(18-10)20-7-14-6-16-20/h6-9,21H,1-5H2,(H3,13,15,17,18,19). The smallest absolute Gasteiger partial charge is 0.258 e. The first kappa shape index (κ1) is 13.7. The van der Waals surface area contributed by atoms with Crippen molar-refractivity contribution in [1.82, 2.24) is 29.7 Å². The molecule has 3 rings (SSSR count). The topological polar surface area (TPSA) is 128 Å². The first-order valence-corrected chi connectivity index (χ1v) is 6.99. The van der Waals surface area contributed by atoms with Crippen molar-refractivity contribution in [3.8, 4) is 5.95 Å². The predicted molar refractivity (Wildman–Crippen MR) is 75.6 cm³/mol. The normalized spacial score (nSPS) is 22.1. The van der Waals surface area contributed by atoms with Gasteiger partial charge in [-0.3, -0.25) is 0 Å². The van der Waals surface area contributed by atoms with Crippen LogP contribution in [0.3, 0.4) is 0 Å². The van der Waals surface area contributed by atoms with Gasteiger partial charge < -0.3 is 16.2 Å². The van der Waals surface area contributed by atoms with E-state index in [4.69, 9.17) is 5.73 Å². The van der Waals surface area contributed by atoms with E-state index in [1.165, 1.54) is 17.3 Å². The molecule has 2 heterocycles. The first-order valence-electron chi connectivity index (χ1n) is 6.99. The Labute approximate surface area is 121 Å². The van der Waals surface area contributed by atoms with Crippen molar-refractivity contribution in [1.29, 1.82) is 0 Å². The molecule has 0 spiro atoms. The summed E-state index contributed by atoms with van der Waals surface area (Å²) >= 11 is 0. The first-order chi connectivity index (χ1) is 10.2. The zero-order valence-corrected chi connectivity index (χ0v) is 11.6. The number of nitrogens with one attached hydrogen (secondary N) is 1. The number of nitrogens with zero attached hydrogens (tertiary/aromatic N) is 6. The lowest BCUT2D eigenvalue weighted by molar-refractivity contribution is 0.111. The van der Waals surface area contributed by atoms with Gasteiger partial charge in [0.25, 0.3) is 5.95 Å². The number of nitrogen functional groups attached to an aromatic ring is 1. The average molecular weight is 290 g/mol. The van der Waals surface area contributed by atoms with Gasteiger partial charge in [0.2, 0.25) is 11.9 Å². The number of anilines is 2. The van der Waals surface area contributed by atoms with Crippen LogP contribution in [0.2, 0.25) is 0 Å². The molecular weight excluding hydrogens is 272 g/mol. The largest absolute Gasteiger partial charge is 0.393 e. The van der Waals surface area contributed by atoms with Gasteiger partial charge in [-0.15, -0.1) is 0 Å². The van der Waals surface area contributed by atoms with E-state index in [0.717, 1.165) is 32.2 Å². The summed E-state index contributed by atoms with van der Waals surface area (Å²) in [5.41, 5.74) is 5.70. The summed E-state index contributed by atoms with van der Waals surface area (Å²) in [6.07, 6.45) is 6.48. The van der Waals surface area contributed by atoms with Crippen molar-refractivity contribution < 1.29 is 5.11 Å². The number of rotatable bonds is 4. The minimum absolute atomic E-state index is 0.136. The van der Waals surface area contributed by atoms with E-state index in [0.29, 0.717) is 17.8 Å². The molecule has 0 aromatic carbocycles. The summed E-state index contributed by atoms with van der Waals surface area (Å²) in [4.78, 5) is 16.2. The second-order valence-electron chi connectivity index (χ2n) is 5.21. The van der Waals surface area contributed by atoms with Crippen molar-refractivity contribution in [2.24, 2.45) is 5.92 Å². The van der Waals surface area contributed by atoms with Crippen molar-refractivity contribution in [3.05, 3.63) is 12.7 Å². The molecule has 1 saturated carbocycles. The van der Waals surface area contributed by atoms with E-state index in [1.807, 2.05) is 0 Å². The third kappa shape index (κ3) is 3.43. The zero-order valence-electron chi connectivity index (χ0n) is 11.6. The Bertz CT molecular complexity index is 579. The molecule has 0 aliphatic heterocycles. The molecule has 1 fully saturated rings. The number of nitrogens with two attached hydrogens (primary N) is 1. The molecule has 21 heavy (non-hydrogen) atoms. The monoisotopic (exact) mass is 290 g/mol. The van der Waals surface area contributed by atoms with Gasteiger partial charge in [-0.05, 0) is 31.6 Å². The third-order valence-corrected chi connectivity index (χ3v) is 3.63. The third-order valence-electron chi connectivity index (χ3n) is 3.63. The second kappa shape index (κ2) is 6.00. The molecule has 2 aromatic heterocycles. The van der Waals surface area contributed by atoms with Gasteiger partial charge in [0.05, 0.1) is 6.10 Å². The Hall–Kier alpha value is -2.29. The maximum absolute atomic E-state index is 9.51. The van der Waals surface area contributed by atoms with Crippen LogP contribution >= 0.6 is 0 Å². The van der Waals surface area contributed by atoms with E-state index in [2.05, 4.69) is 30.4 Å². The molecule has 0 bridgehead atoms. The van der Waals surface area contributed by atoms with Crippen LogP contribution in [0.25, 0.3) is 5.95 Å². The maximum atomic E-state index is 9.51. The Morgan fingerprint density at radius 3 is 2.76 bits per heavy atom. The molecular formula is C12H18N8O. The number of hydrogen-bond acceptors (Lipinski definition) is 8. The molecule has 0 amide bonds. The maximum Gasteiger partial charge on any atom is 0.258 e. The van der Waals surface area contributed by atoms with Gasteiger partial charge in [0, 0.05) is 6.54 Å². The fourth-order valence-electron chi connectivity index (χ4n) is 2.46. The highest BCUT2D eigenvalue weighted by Gasteiger charge is 2.19. The molecule has 9 heteroatoms. The van der Waals surface area contributed by atoms with Crippen LogP contribution in [0, 0.1) is 5.92 Å². The van der Waals surface area contributed by atoms with E-state index < -0.39 is 0 Å². The van der Waals surface area contributed by atoms with E-state index in [1.54, 1.807) is 0 Å². The van der Waals surface area contributed by atoms with Gasteiger partial charge >= 0.3 is 0 Å². The van der Waals surface area contributed by atoms with Crippen LogP contribution in [-0.4, -0.2) is 47.5 Å². The molecule has 1 aliphatic rings. The van der Waals surface area contributed by atoms with Crippen LogP contribution in [0.5, 0.6) is 0 Å². The Balaban J connectivity index is 1.65. The SMILES string of the molecule is Nc1nc(NCC2CCC(O)CC2)nc(-n2cncn2)n1. The highest BCUT2D eigenvalue weighted by molar-refractivity contribution is 5.34. The molecule has 0 saturated heterocycles. The van der Waals surface area contributed by atoms with Crippen molar-refractivity contribution in [2.75, 3.05) is 17.6 Å². The summed E-state index contributed by atoms with van der Waals surface area (Å²) in [5.74, 6) is 1.42. The predicted octanol–water partition coefficient (Wildman–Crippen LogP) is -0.00250. The molecule has 0 atom stereocenters. The molecule has 0 unspecified atom stereocenters.